The van der Waals surface area contributed by atoms with Gasteiger partial charge in [-0.1, -0.05) is 25.3 Å². The Morgan fingerprint density at radius 3 is 2.86 bits per heavy atom. The van der Waals surface area contributed by atoms with Crippen LogP contribution in [0.1, 0.15) is 43.0 Å². The van der Waals surface area contributed by atoms with Gasteiger partial charge in [0.2, 0.25) is 15.9 Å². The van der Waals surface area contributed by atoms with E-state index in [4.69, 9.17) is 6.42 Å². The summed E-state index contributed by atoms with van der Waals surface area (Å²) in [6, 6.07) is 5.85. The lowest BCUT2D eigenvalue weighted by atomic mass is 9.96. The molecule has 1 aromatic carbocycles. The molecule has 1 heterocycles. The predicted octanol–water partition coefficient (Wildman–Crippen LogP) is 1.37. The molecule has 2 N–H and O–H groups in total. The molecule has 0 radical (unpaired) electrons. The highest BCUT2D eigenvalue weighted by Gasteiger charge is 2.29. The third kappa shape index (κ3) is 5.81. The van der Waals surface area contributed by atoms with Gasteiger partial charge in [0.25, 0.3) is 5.91 Å². The van der Waals surface area contributed by atoms with Gasteiger partial charge in [0.1, 0.15) is 0 Å². The molecular weight excluding hydrogens is 378 g/mol. The van der Waals surface area contributed by atoms with E-state index in [9.17, 15) is 18.0 Å². The molecule has 28 heavy (non-hydrogen) atoms. The summed E-state index contributed by atoms with van der Waals surface area (Å²) in [4.78, 5) is 26.8. The van der Waals surface area contributed by atoms with Crippen LogP contribution in [0.25, 0.3) is 0 Å². The molecule has 0 bridgehead atoms. The molecular formula is C20H27N3O4S. The van der Waals surface area contributed by atoms with Gasteiger partial charge >= 0.3 is 0 Å². The minimum atomic E-state index is -3.77. The van der Waals surface area contributed by atoms with Crippen LogP contribution in [0.4, 0.5) is 0 Å². The lowest BCUT2D eigenvalue weighted by Crippen LogP contribution is -2.45. The van der Waals surface area contributed by atoms with Gasteiger partial charge in [-0.25, -0.2) is 8.42 Å². The number of nitrogens with zero attached hydrogens (tertiary/aromatic N) is 1. The van der Waals surface area contributed by atoms with Crippen molar-refractivity contribution in [2.24, 2.45) is 5.92 Å². The maximum atomic E-state index is 12.9. The summed E-state index contributed by atoms with van der Waals surface area (Å²) < 4.78 is 26.7. The lowest BCUT2D eigenvalue weighted by molar-refractivity contribution is -0.126. The Morgan fingerprint density at radius 1 is 1.36 bits per heavy atom. The highest BCUT2D eigenvalue weighted by Crippen LogP contribution is 2.20. The fourth-order valence-corrected chi connectivity index (χ4v) is 4.09. The second-order valence-corrected chi connectivity index (χ2v) is 8.56. The van der Waals surface area contributed by atoms with E-state index in [0.29, 0.717) is 19.6 Å². The zero-order valence-electron chi connectivity index (χ0n) is 16.1. The number of benzene rings is 1. The van der Waals surface area contributed by atoms with E-state index in [-0.39, 0.29) is 34.7 Å². The molecule has 2 amide bonds. The van der Waals surface area contributed by atoms with Gasteiger partial charge in [0, 0.05) is 25.2 Å². The molecule has 0 aliphatic carbocycles. The number of carbonyl (C=O) groups excluding carboxylic acids is 2. The van der Waals surface area contributed by atoms with Crippen molar-refractivity contribution in [2.75, 3.05) is 26.2 Å². The van der Waals surface area contributed by atoms with Crippen LogP contribution in [0, 0.1) is 18.3 Å². The number of terminal acetylenes is 1. The van der Waals surface area contributed by atoms with E-state index in [1.807, 2.05) is 0 Å². The number of unbranched alkanes of at least 4 members (excludes halogenated alkanes) is 1. The first-order chi connectivity index (χ1) is 13.4. The van der Waals surface area contributed by atoms with Crippen LogP contribution in [0.15, 0.2) is 29.2 Å². The monoisotopic (exact) mass is 405 g/mol. The molecule has 1 aliphatic rings. The molecule has 1 unspecified atom stereocenters. The fourth-order valence-electron chi connectivity index (χ4n) is 3.11. The molecule has 1 fully saturated rings. The normalized spacial score (nSPS) is 17.0. The van der Waals surface area contributed by atoms with Crippen molar-refractivity contribution in [1.29, 1.82) is 0 Å². The molecule has 8 heteroatoms. The topological polar surface area (TPSA) is 95.6 Å². The SMILES string of the molecule is C#CCNS(=O)(=O)c1cccc(C(=O)N2CCCC(C(=O)NCCCC)C2)c1. The van der Waals surface area contributed by atoms with Crippen molar-refractivity contribution < 1.29 is 18.0 Å². The quantitative estimate of drug-likeness (QED) is 0.504. The van der Waals surface area contributed by atoms with Gasteiger partial charge in [0.05, 0.1) is 17.4 Å². The van der Waals surface area contributed by atoms with Gasteiger partial charge in [0.15, 0.2) is 0 Å². The number of piperidine rings is 1. The van der Waals surface area contributed by atoms with Crippen LogP contribution in [0.2, 0.25) is 0 Å². The van der Waals surface area contributed by atoms with Crippen LogP contribution >= 0.6 is 0 Å². The summed E-state index contributed by atoms with van der Waals surface area (Å²) in [5.41, 5.74) is 0.274. The summed E-state index contributed by atoms with van der Waals surface area (Å²) in [6.45, 7) is 3.46. The van der Waals surface area contributed by atoms with Crippen molar-refractivity contribution in [3.05, 3.63) is 29.8 Å². The average molecular weight is 406 g/mol. The number of hydrogen-bond acceptors (Lipinski definition) is 4. The number of likely N-dealkylation sites (tertiary alicyclic amines) is 1. The Morgan fingerprint density at radius 2 is 2.14 bits per heavy atom. The number of rotatable bonds is 8. The Bertz CT molecular complexity index is 845. The summed E-state index contributed by atoms with van der Waals surface area (Å²) >= 11 is 0. The van der Waals surface area contributed by atoms with E-state index < -0.39 is 10.0 Å². The molecule has 0 aromatic heterocycles. The predicted molar refractivity (Wildman–Crippen MR) is 107 cm³/mol. The molecule has 152 valence electrons. The highest BCUT2D eigenvalue weighted by atomic mass is 32.2. The van der Waals surface area contributed by atoms with Crippen molar-refractivity contribution in [1.82, 2.24) is 14.9 Å². The first kappa shape index (κ1) is 21.9. The third-order valence-electron chi connectivity index (χ3n) is 4.66. The first-order valence-electron chi connectivity index (χ1n) is 9.49. The van der Waals surface area contributed by atoms with Crippen LogP contribution in [0.3, 0.4) is 0 Å². The van der Waals surface area contributed by atoms with E-state index in [1.54, 1.807) is 11.0 Å². The van der Waals surface area contributed by atoms with Gasteiger partial charge < -0.3 is 10.2 Å². The number of hydrogen-bond donors (Lipinski definition) is 2. The van der Waals surface area contributed by atoms with Crippen LogP contribution in [-0.4, -0.2) is 51.3 Å². The van der Waals surface area contributed by atoms with Crippen LogP contribution in [0.5, 0.6) is 0 Å². The first-order valence-corrected chi connectivity index (χ1v) is 11.0. The third-order valence-corrected chi connectivity index (χ3v) is 6.06. The second kappa shape index (κ2) is 10.2. The maximum Gasteiger partial charge on any atom is 0.253 e. The van der Waals surface area contributed by atoms with Gasteiger partial charge in [-0.2, -0.15) is 4.72 Å². The zero-order valence-corrected chi connectivity index (χ0v) is 16.9. The number of nitrogens with one attached hydrogen (secondary N) is 2. The molecule has 0 spiro atoms. The number of amides is 2. The van der Waals surface area contributed by atoms with Gasteiger partial charge in [-0.3, -0.25) is 9.59 Å². The standard InChI is InChI=1S/C20H27N3O4S/c1-3-5-12-21-19(24)17-9-7-13-23(15-17)20(25)16-8-6-10-18(14-16)28(26,27)22-11-4-2/h2,6,8,10,14,17,22H,3,5,7,9,11-13,15H2,1H3,(H,21,24). The van der Waals surface area contributed by atoms with Crippen molar-refractivity contribution in [3.8, 4) is 12.3 Å². The van der Waals surface area contributed by atoms with Gasteiger partial charge in [-0.15, -0.1) is 6.42 Å². The van der Waals surface area contributed by atoms with Crippen molar-refractivity contribution >= 4 is 21.8 Å². The molecule has 1 saturated heterocycles. The van der Waals surface area contributed by atoms with E-state index in [0.717, 1.165) is 25.7 Å². The fraction of sp³-hybridized carbons (Fsp3) is 0.500. The smallest absolute Gasteiger partial charge is 0.253 e. The Hall–Kier alpha value is -2.37. The Kier molecular flexibility index (Phi) is 8.03. The van der Waals surface area contributed by atoms with Crippen LogP contribution in [-0.2, 0) is 14.8 Å². The summed E-state index contributed by atoms with van der Waals surface area (Å²) in [7, 11) is -3.77. The van der Waals surface area contributed by atoms with E-state index >= 15 is 0 Å². The summed E-state index contributed by atoms with van der Waals surface area (Å²) in [5.74, 6) is 1.67. The molecule has 0 saturated carbocycles. The minimum Gasteiger partial charge on any atom is -0.356 e. The summed E-state index contributed by atoms with van der Waals surface area (Å²) in [6.07, 6.45) is 8.50. The molecule has 1 aromatic rings. The Labute approximate surface area is 166 Å². The summed E-state index contributed by atoms with van der Waals surface area (Å²) in [5, 5.41) is 2.92. The van der Waals surface area contributed by atoms with Crippen LogP contribution < -0.4 is 10.0 Å². The van der Waals surface area contributed by atoms with Crippen molar-refractivity contribution in [3.63, 3.8) is 0 Å². The minimum absolute atomic E-state index is 0.0144. The number of carbonyl (C=O) groups is 2. The molecule has 2 rings (SSSR count). The lowest BCUT2D eigenvalue weighted by Gasteiger charge is -2.32. The maximum absolute atomic E-state index is 12.9. The van der Waals surface area contributed by atoms with E-state index in [2.05, 4.69) is 22.9 Å². The largest absolute Gasteiger partial charge is 0.356 e. The van der Waals surface area contributed by atoms with Crippen molar-refractivity contribution in [2.45, 2.75) is 37.5 Å². The average Bonchev–Trinajstić information content (AvgIpc) is 2.72. The second-order valence-electron chi connectivity index (χ2n) is 6.79. The van der Waals surface area contributed by atoms with Gasteiger partial charge in [-0.05, 0) is 37.5 Å². The Balaban J connectivity index is 2.08. The zero-order chi connectivity index (χ0) is 20.6. The molecule has 1 atom stereocenters. The molecule has 1 aliphatic heterocycles. The highest BCUT2D eigenvalue weighted by molar-refractivity contribution is 7.89. The van der Waals surface area contributed by atoms with E-state index in [1.165, 1.54) is 18.2 Å². The number of sulfonamides is 1. The molecule has 7 nitrogen and oxygen atoms in total.